The highest BCUT2D eigenvalue weighted by atomic mass is 31.1. The van der Waals surface area contributed by atoms with E-state index in [0.717, 1.165) is 32.1 Å². The van der Waals surface area contributed by atoms with Crippen LogP contribution in [-0.2, 0) is 14.3 Å². The molecule has 2 aliphatic rings. The predicted molar refractivity (Wildman–Crippen MR) is 72.7 cm³/mol. The second-order valence-electron chi connectivity index (χ2n) is 4.75. The standard InChI is InChI=1S/C6H11NO2.C6H13O2P/c1-7-2-3-9-6(4-7)5-8;1-9-3-2-8-6(4-7)5-9/h5-6H,2-4H2,1H3;6-7H,2-5H2,1H3/t6-;6-,9?/m01/s1. The van der Waals surface area contributed by atoms with Gasteiger partial charge in [0.1, 0.15) is 12.4 Å². The minimum absolute atomic E-state index is 0.148. The second-order valence-corrected chi connectivity index (χ2v) is 7.27. The fraction of sp³-hybridized carbons (Fsp3) is 0.917. The average Bonchev–Trinajstić information content (AvgIpc) is 2.39. The van der Waals surface area contributed by atoms with Gasteiger partial charge in [-0.1, -0.05) is 0 Å². The maximum Gasteiger partial charge on any atom is 0.150 e. The first-order valence-corrected chi connectivity index (χ1v) is 8.48. The summed E-state index contributed by atoms with van der Waals surface area (Å²) in [5.74, 6) is 0. The molecule has 0 aliphatic carbocycles. The van der Waals surface area contributed by atoms with Crippen LogP contribution < -0.4 is 0 Å². The van der Waals surface area contributed by atoms with E-state index in [0.29, 0.717) is 6.61 Å². The molecule has 0 aromatic rings. The molecule has 2 rings (SSSR count). The average molecular weight is 277 g/mol. The number of rotatable bonds is 2. The van der Waals surface area contributed by atoms with Gasteiger partial charge in [-0.3, -0.25) is 0 Å². The van der Waals surface area contributed by atoms with Crippen molar-refractivity contribution in [2.45, 2.75) is 12.2 Å². The summed E-state index contributed by atoms with van der Waals surface area (Å²) in [4.78, 5) is 12.2. The van der Waals surface area contributed by atoms with E-state index in [1.165, 1.54) is 6.16 Å². The largest absolute Gasteiger partial charge is 0.394 e. The van der Waals surface area contributed by atoms with Crippen molar-refractivity contribution in [3.8, 4) is 0 Å². The van der Waals surface area contributed by atoms with E-state index in [2.05, 4.69) is 11.6 Å². The highest BCUT2D eigenvalue weighted by Crippen LogP contribution is 2.34. The number of hydrogen-bond acceptors (Lipinski definition) is 5. The molecule has 6 heteroatoms. The van der Waals surface area contributed by atoms with Crippen LogP contribution in [0.1, 0.15) is 0 Å². The summed E-state index contributed by atoms with van der Waals surface area (Å²) in [5, 5.41) is 8.69. The lowest BCUT2D eigenvalue weighted by atomic mass is 10.3. The highest BCUT2D eigenvalue weighted by Gasteiger charge is 2.17. The molecule has 2 heterocycles. The molecular weight excluding hydrogens is 253 g/mol. The minimum atomic E-state index is -0.191. The van der Waals surface area contributed by atoms with Crippen LogP contribution in [0, 0.1) is 0 Å². The van der Waals surface area contributed by atoms with Crippen LogP contribution in [0.25, 0.3) is 0 Å². The van der Waals surface area contributed by atoms with Gasteiger partial charge in [0.2, 0.25) is 0 Å². The van der Waals surface area contributed by atoms with Crippen molar-refractivity contribution in [2.75, 3.05) is 58.9 Å². The molecule has 0 bridgehead atoms. The van der Waals surface area contributed by atoms with Gasteiger partial charge < -0.3 is 24.3 Å². The van der Waals surface area contributed by atoms with E-state index in [1.54, 1.807) is 0 Å². The molecule has 0 spiro atoms. The number of aliphatic hydroxyl groups is 1. The van der Waals surface area contributed by atoms with E-state index < -0.39 is 0 Å². The summed E-state index contributed by atoms with van der Waals surface area (Å²) in [5.41, 5.74) is 0. The van der Waals surface area contributed by atoms with Crippen molar-refractivity contribution in [1.29, 1.82) is 0 Å². The Kier molecular flexibility index (Phi) is 7.95. The number of nitrogens with zero attached hydrogens (tertiary/aromatic N) is 1. The van der Waals surface area contributed by atoms with Crippen LogP contribution in [0.2, 0.25) is 0 Å². The first-order chi connectivity index (χ1) is 8.65. The highest BCUT2D eigenvalue weighted by molar-refractivity contribution is 7.56. The smallest absolute Gasteiger partial charge is 0.150 e. The maximum atomic E-state index is 10.2. The molecule has 1 N–H and O–H groups in total. The molecule has 0 amide bonds. The van der Waals surface area contributed by atoms with Crippen LogP contribution in [0.5, 0.6) is 0 Å². The van der Waals surface area contributed by atoms with Crippen LogP contribution in [0.3, 0.4) is 0 Å². The zero-order valence-electron chi connectivity index (χ0n) is 11.2. The molecule has 3 atom stereocenters. The van der Waals surface area contributed by atoms with E-state index in [9.17, 15) is 4.79 Å². The van der Waals surface area contributed by atoms with Crippen molar-refractivity contribution in [3.05, 3.63) is 0 Å². The lowest BCUT2D eigenvalue weighted by molar-refractivity contribution is -0.122. The molecule has 2 aliphatic heterocycles. The van der Waals surface area contributed by atoms with Crippen LogP contribution in [0.15, 0.2) is 0 Å². The molecule has 18 heavy (non-hydrogen) atoms. The number of hydrogen-bond donors (Lipinski definition) is 1. The molecule has 1 unspecified atom stereocenters. The third kappa shape index (κ3) is 6.21. The Morgan fingerprint density at radius 3 is 2.67 bits per heavy atom. The SMILES string of the molecule is CN1CCO[C@H](C=O)C1.CP1CCO[C@H](CO)C1. The van der Waals surface area contributed by atoms with Gasteiger partial charge in [-0.25, -0.2) is 0 Å². The van der Waals surface area contributed by atoms with Crippen molar-refractivity contribution in [1.82, 2.24) is 4.90 Å². The van der Waals surface area contributed by atoms with Crippen LogP contribution >= 0.6 is 7.92 Å². The Hall–Kier alpha value is -0.0600. The van der Waals surface area contributed by atoms with Crippen molar-refractivity contribution in [2.24, 2.45) is 0 Å². The Morgan fingerprint density at radius 1 is 1.44 bits per heavy atom. The van der Waals surface area contributed by atoms with Gasteiger partial charge in [0, 0.05) is 13.1 Å². The minimum Gasteiger partial charge on any atom is -0.394 e. The third-order valence-electron chi connectivity index (χ3n) is 2.99. The lowest BCUT2D eigenvalue weighted by Crippen LogP contribution is -2.40. The Labute approximate surface area is 110 Å². The predicted octanol–water partition coefficient (Wildman–Crippen LogP) is 0.00510. The second kappa shape index (κ2) is 8.94. The fourth-order valence-electron chi connectivity index (χ4n) is 1.87. The molecule has 0 aromatic heterocycles. The zero-order valence-corrected chi connectivity index (χ0v) is 12.1. The first kappa shape index (κ1) is 16.0. The van der Waals surface area contributed by atoms with Gasteiger partial charge in [-0.15, -0.1) is 7.92 Å². The molecule has 106 valence electrons. The first-order valence-electron chi connectivity index (χ1n) is 6.32. The number of carbonyl (C=O) groups is 1. The summed E-state index contributed by atoms with van der Waals surface area (Å²) in [6, 6.07) is 0. The Bertz CT molecular complexity index is 242. The summed E-state index contributed by atoms with van der Waals surface area (Å²) < 4.78 is 10.4. The molecule has 5 nitrogen and oxygen atoms in total. The molecule has 0 radical (unpaired) electrons. The van der Waals surface area contributed by atoms with Gasteiger partial charge in [0.05, 0.1) is 25.9 Å². The number of morpholine rings is 1. The van der Waals surface area contributed by atoms with Crippen LogP contribution in [0.4, 0.5) is 0 Å². The number of aldehydes is 1. The maximum absolute atomic E-state index is 10.2. The zero-order chi connectivity index (χ0) is 13.4. The molecule has 2 fully saturated rings. The Balaban J connectivity index is 0.000000180. The van der Waals surface area contributed by atoms with Gasteiger partial charge in [-0.2, -0.15) is 0 Å². The van der Waals surface area contributed by atoms with Crippen LogP contribution in [-0.4, -0.2) is 87.4 Å². The van der Waals surface area contributed by atoms with E-state index in [4.69, 9.17) is 14.6 Å². The normalized spacial score (nSPS) is 33.4. The third-order valence-corrected chi connectivity index (χ3v) is 4.97. The molecule has 0 saturated carbocycles. The summed E-state index contributed by atoms with van der Waals surface area (Å²) in [7, 11) is 2.16. The van der Waals surface area contributed by atoms with E-state index in [1.807, 2.05) is 7.05 Å². The quantitative estimate of drug-likeness (QED) is 0.569. The lowest BCUT2D eigenvalue weighted by Gasteiger charge is -2.26. The van der Waals surface area contributed by atoms with Gasteiger partial charge in [-0.05, 0) is 26.0 Å². The van der Waals surface area contributed by atoms with Gasteiger partial charge in [0.15, 0.2) is 0 Å². The van der Waals surface area contributed by atoms with E-state index >= 15 is 0 Å². The molecule has 0 aromatic carbocycles. The number of likely N-dealkylation sites (N-methyl/N-ethyl adjacent to an activating group) is 1. The summed E-state index contributed by atoms with van der Waals surface area (Å²) in [6.07, 6.45) is 3.12. The molecular formula is C12H24NO4P. The number of carbonyl (C=O) groups excluding carboxylic acids is 1. The van der Waals surface area contributed by atoms with Gasteiger partial charge >= 0.3 is 0 Å². The number of ether oxygens (including phenoxy) is 2. The monoisotopic (exact) mass is 277 g/mol. The van der Waals surface area contributed by atoms with Crippen molar-refractivity contribution >= 4 is 14.2 Å². The fourth-order valence-corrected chi connectivity index (χ4v) is 3.39. The Morgan fingerprint density at radius 2 is 2.22 bits per heavy atom. The topological polar surface area (TPSA) is 59.0 Å². The van der Waals surface area contributed by atoms with Gasteiger partial charge in [0.25, 0.3) is 0 Å². The van der Waals surface area contributed by atoms with E-state index in [-0.39, 0.29) is 26.7 Å². The van der Waals surface area contributed by atoms with Crippen molar-refractivity contribution < 1.29 is 19.4 Å². The summed E-state index contributed by atoms with van der Waals surface area (Å²) >= 11 is 0. The summed E-state index contributed by atoms with van der Waals surface area (Å²) in [6.45, 7) is 5.67. The van der Waals surface area contributed by atoms with Crippen molar-refractivity contribution in [3.63, 3.8) is 0 Å². The molecule has 2 saturated heterocycles. The number of aliphatic hydroxyl groups excluding tert-OH is 1.